The maximum atomic E-state index is 12.1. The predicted molar refractivity (Wildman–Crippen MR) is 94.8 cm³/mol. The number of aromatic nitrogens is 4. The summed E-state index contributed by atoms with van der Waals surface area (Å²) in [5, 5.41) is 11.8. The molecular formula is C18H19N5O2. The average molecular weight is 337 g/mol. The molecule has 0 saturated heterocycles. The molecule has 3 rings (SSSR count). The van der Waals surface area contributed by atoms with Gasteiger partial charge in [0, 0.05) is 12.6 Å². The summed E-state index contributed by atoms with van der Waals surface area (Å²) in [6, 6.07) is 15.5. The van der Waals surface area contributed by atoms with Gasteiger partial charge in [-0.1, -0.05) is 47.6 Å². The van der Waals surface area contributed by atoms with E-state index in [2.05, 4.69) is 15.6 Å². The van der Waals surface area contributed by atoms with Crippen LogP contribution in [-0.4, -0.2) is 25.5 Å². The zero-order valence-electron chi connectivity index (χ0n) is 14.4. The average Bonchev–Trinajstić information content (AvgIpc) is 2.95. The molecule has 0 spiro atoms. The van der Waals surface area contributed by atoms with Crippen molar-refractivity contribution in [1.82, 2.24) is 19.8 Å². The van der Waals surface area contributed by atoms with Crippen LogP contribution in [0.2, 0.25) is 0 Å². The van der Waals surface area contributed by atoms with Gasteiger partial charge in [-0.3, -0.25) is 0 Å². The fourth-order valence-electron chi connectivity index (χ4n) is 2.36. The van der Waals surface area contributed by atoms with E-state index in [0.717, 1.165) is 16.7 Å². The number of nitrogens with zero attached hydrogens (tertiary/aromatic N) is 5. The van der Waals surface area contributed by atoms with E-state index < -0.39 is 0 Å². The van der Waals surface area contributed by atoms with Crippen molar-refractivity contribution in [2.75, 3.05) is 0 Å². The Morgan fingerprint density at radius 1 is 1.16 bits per heavy atom. The van der Waals surface area contributed by atoms with Gasteiger partial charge in [-0.15, -0.1) is 0 Å². The molecule has 0 amide bonds. The zero-order valence-corrected chi connectivity index (χ0v) is 14.4. The van der Waals surface area contributed by atoms with Crippen molar-refractivity contribution in [3.05, 3.63) is 75.7 Å². The Balaban J connectivity index is 1.82. The molecule has 1 aromatic heterocycles. The first-order valence-electron chi connectivity index (χ1n) is 7.87. The fraction of sp³-hybridized carbons (Fsp3) is 0.222. The second-order valence-corrected chi connectivity index (χ2v) is 5.73. The maximum Gasteiger partial charge on any atom is 0.368 e. The Labute approximate surface area is 145 Å². The summed E-state index contributed by atoms with van der Waals surface area (Å²) in [4.78, 5) is 17.5. The van der Waals surface area contributed by atoms with Crippen molar-refractivity contribution in [1.29, 1.82) is 0 Å². The molecule has 3 aromatic rings. The second kappa shape index (κ2) is 7.12. The van der Waals surface area contributed by atoms with Crippen LogP contribution in [0.5, 0.6) is 0 Å². The second-order valence-electron chi connectivity index (χ2n) is 5.73. The van der Waals surface area contributed by atoms with Crippen LogP contribution in [0.4, 0.5) is 0 Å². The minimum atomic E-state index is -0.296. The number of tetrazole rings is 1. The Bertz CT molecular complexity index is 957. The van der Waals surface area contributed by atoms with E-state index >= 15 is 0 Å². The van der Waals surface area contributed by atoms with Crippen LogP contribution >= 0.6 is 0 Å². The molecule has 7 heteroatoms. The first-order chi connectivity index (χ1) is 12.1. The minimum Gasteiger partial charge on any atom is -0.391 e. The van der Waals surface area contributed by atoms with Crippen LogP contribution in [0.1, 0.15) is 23.6 Å². The number of benzene rings is 2. The maximum absolute atomic E-state index is 12.1. The van der Waals surface area contributed by atoms with Crippen molar-refractivity contribution in [3.8, 4) is 5.69 Å². The molecule has 0 radical (unpaired) electrons. The molecule has 0 saturated carbocycles. The van der Waals surface area contributed by atoms with Crippen LogP contribution in [-0.2, 0) is 18.5 Å². The summed E-state index contributed by atoms with van der Waals surface area (Å²) in [5.74, 6) is 0. The standard InChI is InChI=1S/C18H19N5O2/c1-13-9-10-16(11-17(13)23-18(24)22(3)20-21-23)14(2)19-25-12-15-7-5-4-6-8-15/h4-11H,12H2,1-3H3/b19-14+. The van der Waals surface area contributed by atoms with Crippen LogP contribution in [0.25, 0.3) is 5.69 Å². The predicted octanol–water partition coefficient (Wildman–Crippen LogP) is 2.22. The highest BCUT2D eigenvalue weighted by molar-refractivity contribution is 5.98. The van der Waals surface area contributed by atoms with Crippen molar-refractivity contribution in [3.63, 3.8) is 0 Å². The highest BCUT2D eigenvalue weighted by Gasteiger charge is 2.11. The number of aryl methyl sites for hydroxylation is 2. The molecular weight excluding hydrogens is 318 g/mol. The molecule has 2 aromatic carbocycles. The highest BCUT2D eigenvalue weighted by Crippen LogP contribution is 2.15. The lowest BCUT2D eigenvalue weighted by Crippen LogP contribution is -2.22. The third-order valence-corrected chi connectivity index (χ3v) is 3.85. The molecule has 0 unspecified atom stereocenters. The van der Waals surface area contributed by atoms with Crippen molar-refractivity contribution in [2.45, 2.75) is 20.5 Å². The quantitative estimate of drug-likeness (QED) is 0.528. The van der Waals surface area contributed by atoms with E-state index in [0.29, 0.717) is 18.0 Å². The van der Waals surface area contributed by atoms with Gasteiger partial charge in [0.05, 0.1) is 11.4 Å². The Hall–Kier alpha value is -3.22. The largest absolute Gasteiger partial charge is 0.391 e. The van der Waals surface area contributed by atoms with Gasteiger partial charge in [0.1, 0.15) is 6.61 Å². The van der Waals surface area contributed by atoms with E-state index in [-0.39, 0.29) is 5.69 Å². The molecule has 0 aliphatic carbocycles. The lowest BCUT2D eigenvalue weighted by Gasteiger charge is -2.07. The van der Waals surface area contributed by atoms with Gasteiger partial charge in [0.2, 0.25) is 0 Å². The first-order valence-corrected chi connectivity index (χ1v) is 7.87. The highest BCUT2D eigenvalue weighted by atomic mass is 16.6. The van der Waals surface area contributed by atoms with E-state index in [1.54, 1.807) is 7.05 Å². The minimum absolute atomic E-state index is 0.296. The van der Waals surface area contributed by atoms with Crippen LogP contribution in [0, 0.1) is 6.92 Å². The molecule has 0 fully saturated rings. The monoisotopic (exact) mass is 337 g/mol. The smallest absolute Gasteiger partial charge is 0.368 e. The van der Waals surface area contributed by atoms with Gasteiger partial charge >= 0.3 is 5.69 Å². The topological polar surface area (TPSA) is 74.3 Å². The molecule has 0 aliphatic rings. The van der Waals surface area contributed by atoms with Gasteiger partial charge in [0.15, 0.2) is 0 Å². The number of rotatable bonds is 5. The Kier molecular flexibility index (Phi) is 4.74. The summed E-state index contributed by atoms with van der Waals surface area (Å²) in [7, 11) is 1.56. The van der Waals surface area contributed by atoms with Gasteiger partial charge in [-0.2, -0.15) is 9.36 Å². The molecule has 25 heavy (non-hydrogen) atoms. The van der Waals surface area contributed by atoms with Gasteiger partial charge in [0.25, 0.3) is 0 Å². The molecule has 0 bridgehead atoms. The zero-order chi connectivity index (χ0) is 17.8. The van der Waals surface area contributed by atoms with Crippen molar-refractivity contribution < 1.29 is 4.84 Å². The number of hydrogen-bond donors (Lipinski definition) is 0. The summed E-state index contributed by atoms with van der Waals surface area (Å²) in [6.45, 7) is 4.18. The third-order valence-electron chi connectivity index (χ3n) is 3.85. The lowest BCUT2D eigenvalue weighted by atomic mass is 10.1. The van der Waals surface area contributed by atoms with E-state index in [9.17, 15) is 4.79 Å². The van der Waals surface area contributed by atoms with Gasteiger partial charge in [-0.05, 0) is 41.5 Å². The molecule has 0 atom stereocenters. The van der Waals surface area contributed by atoms with Crippen molar-refractivity contribution in [2.24, 2.45) is 12.2 Å². The molecule has 0 aliphatic heterocycles. The van der Waals surface area contributed by atoms with E-state index in [1.165, 1.54) is 9.36 Å². The molecule has 128 valence electrons. The summed E-state index contributed by atoms with van der Waals surface area (Å²) in [6.07, 6.45) is 0. The third kappa shape index (κ3) is 3.65. The summed E-state index contributed by atoms with van der Waals surface area (Å²) >= 11 is 0. The van der Waals surface area contributed by atoms with Gasteiger partial charge in [-0.25, -0.2) is 4.79 Å². The Morgan fingerprint density at radius 2 is 1.92 bits per heavy atom. The van der Waals surface area contributed by atoms with Crippen LogP contribution < -0.4 is 5.69 Å². The first kappa shape index (κ1) is 16.6. The molecule has 0 N–H and O–H groups in total. The fourth-order valence-corrected chi connectivity index (χ4v) is 2.36. The van der Waals surface area contributed by atoms with Crippen molar-refractivity contribution >= 4 is 5.71 Å². The summed E-state index contributed by atoms with van der Waals surface area (Å²) < 4.78 is 2.47. The molecule has 7 nitrogen and oxygen atoms in total. The molecule has 1 heterocycles. The number of hydrogen-bond acceptors (Lipinski definition) is 5. The summed E-state index contributed by atoms with van der Waals surface area (Å²) in [5.41, 5.74) is 3.92. The van der Waals surface area contributed by atoms with E-state index in [4.69, 9.17) is 4.84 Å². The number of oxime groups is 1. The lowest BCUT2D eigenvalue weighted by molar-refractivity contribution is 0.130. The van der Waals surface area contributed by atoms with Gasteiger partial charge < -0.3 is 4.84 Å². The van der Waals surface area contributed by atoms with E-state index in [1.807, 2.05) is 62.4 Å². The SMILES string of the molecule is C/C(=N\OCc1ccccc1)c1ccc(C)c(-n2nnn(C)c2=O)c1. The normalized spacial score (nSPS) is 11.6. The van der Waals surface area contributed by atoms with Crippen LogP contribution in [0.3, 0.4) is 0 Å². The Morgan fingerprint density at radius 3 is 2.60 bits per heavy atom. The van der Waals surface area contributed by atoms with Crippen LogP contribution in [0.15, 0.2) is 58.5 Å².